The van der Waals surface area contributed by atoms with E-state index in [-0.39, 0.29) is 0 Å². The molecule has 148 valence electrons. The summed E-state index contributed by atoms with van der Waals surface area (Å²) in [5.74, 6) is 5.01. The number of hydrogen-bond acceptors (Lipinski definition) is 2. The van der Waals surface area contributed by atoms with Crippen molar-refractivity contribution in [2.45, 2.75) is 90.4 Å². The second-order valence-electron chi connectivity index (χ2n) is 10.5. The summed E-state index contributed by atoms with van der Waals surface area (Å²) < 4.78 is 0. The van der Waals surface area contributed by atoms with Crippen LogP contribution in [-0.4, -0.2) is 34.9 Å². The molecule has 3 heteroatoms. The highest BCUT2D eigenvalue weighted by Gasteiger charge is 2.63. The van der Waals surface area contributed by atoms with Crippen molar-refractivity contribution in [3.05, 3.63) is 0 Å². The van der Waals surface area contributed by atoms with Crippen LogP contribution in [0.15, 0.2) is 0 Å². The highest BCUT2D eigenvalue weighted by atomic mass is 32.2. The number of amides is 1. The Bertz CT molecular complexity index is 564. The van der Waals surface area contributed by atoms with Crippen LogP contribution in [0, 0.1) is 34.5 Å². The summed E-state index contributed by atoms with van der Waals surface area (Å²) in [6, 6.07) is 0.447. The highest BCUT2D eigenvalue weighted by Crippen LogP contribution is 2.67. The van der Waals surface area contributed by atoms with E-state index >= 15 is 0 Å². The molecule has 0 aromatic rings. The Kier molecular flexibility index (Phi) is 4.94. The van der Waals surface area contributed by atoms with Gasteiger partial charge in [0.25, 0.3) is 0 Å². The first-order valence-corrected chi connectivity index (χ1v) is 12.3. The Hall–Kier alpha value is -0.180. The summed E-state index contributed by atoms with van der Waals surface area (Å²) in [7, 11) is 2.11. The van der Waals surface area contributed by atoms with E-state index in [4.69, 9.17) is 0 Å². The predicted molar refractivity (Wildman–Crippen MR) is 111 cm³/mol. The molecule has 0 aromatic heterocycles. The molecule has 0 aromatic carbocycles. The van der Waals surface area contributed by atoms with E-state index in [9.17, 15) is 4.79 Å². The Morgan fingerprint density at radius 1 is 1.15 bits per heavy atom. The lowest BCUT2D eigenvalue weighted by Gasteiger charge is -2.65. The molecule has 3 saturated carbocycles. The molecule has 3 aliphatic carbocycles. The molecule has 1 amide bonds. The summed E-state index contributed by atoms with van der Waals surface area (Å²) in [5, 5.41) is 0.624. The number of carbonyl (C=O) groups excluding carboxylic acids is 1. The van der Waals surface area contributed by atoms with Gasteiger partial charge in [-0.25, -0.2) is 0 Å². The Balaban J connectivity index is 1.74. The zero-order valence-electron chi connectivity index (χ0n) is 17.6. The molecule has 1 aliphatic heterocycles. The Morgan fingerprint density at radius 3 is 2.65 bits per heavy atom. The molecule has 0 unspecified atom stereocenters. The van der Waals surface area contributed by atoms with Crippen molar-refractivity contribution in [3.63, 3.8) is 0 Å². The molecule has 0 bridgehead atoms. The van der Waals surface area contributed by atoms with E-state index in [1.54, 1.807) is 0 Å². The van der Waals surface area contributed by atoms with Gasteiger partial charge in [0, 0.05) is 24.8 Å². The largest absolute Gasteiger partial charge is 0.341 e. The number of rotatable bonds is 3. The van der Waals surface area contributed by atoms with Gasteiger partial charge in [-0.3, -0.25) is 4.79 Å². The lowest BCUT2D eigenvalue weighted by Crippen LogP contribution is -2.67. The maximum absolute atomic E-state index is 12.6. The molecule has 0 radical (unpaired) electrons. The van der Waals surface area contributed by atoms with Crippen LogP contribution in [0.4, 0.5) is 0 Å². The molecule has 4 fully saturated rings. The molecule has 0 N–H and O–H groups in total. The molecule has 4 aliphatic rings. The SMILES string of the molecule is CCCS[C@@H]1[C@H](C)[C@H]2[C@@H]3CCC[C@@]3(C)CC[C@@H]2[C@@]2(C)CCC(=O)N(C)[C@H]12. The Morgan fingerprint density at radius 2 is 1.92 bits per heavy atom. The van der Waals surface area contributed by atoms with Crippen LogP contribution in [0.5, 0.6) is 0 Å². The van der Waals surface area contributed by atoms with Gasteiger partial charge in [-0.15, -0.1) is 0 Å². The number of likely N-dealkylation sites (tertiary alicyclic amines) is 1. The van der Waals surface area contributed by atoms with Gasteiger partial charge in [0.05, 0.1) is 0 Å². The van der Waals surface area contributed by atoms with Crippen LogP contribution >= 0.6 is 11.8 Å². The third-order valence-electron chi connectivity index (χ3n) is 9.28. The molecule has 26 heavy (non-hydrogen) atoms. The fourth-order valence-electron chi connectivity index (χ4n) is 7.99. The van der Waals surface area contributed by atoms with Crippen molar-refractivity contribution in [2.75, 3.05) is 12.8 Å². The van der Waals surface area contributed by atoms with Crippen molar-refractivity contribution < 1.29 is 4.79 Å². The van der Waals surface area contributed by atoms with Gasteiger partial charge in [-0.05, 0) is 78.8 Å². The number of nitrogens with zero attached hydrogens (tertiary/aromatic N) is 1. The van der Waals surface area contributed by atoms with Gasteiger partial charge < -0.3 is 4.90 Å². The lowest BCUT2D eigenvalue weighted by molar-refractivity contribution is -0.162. The number of piperidine rings is 1. The van der Waals surface area contributed by atoms with E-state index in [0.717, 1.165) is 36.5 Å². The van der Waals surface area contributed by atoms with Crippen LogP contribution in [0.3, 0.4) is 0 Å². The number of carbonyl (C=O) groups is 1. The number of fused-ring (bicyclic) bond motifs is 5. The lowest BCUT2D eigenvalue weighted by atomic mass is 9.45. The van der Waals surface area contributed by atoms with Gasteiger partial charge in [0.2, 0.25) is 5.91 Å². The molecule has 2 nitrogen and oxygen atoms in total. The molecule has 1 heterocycles. The predicted octanol–water partition coefficient (Wildman–Crippen LogP) is 5.61. The van der Waals surface area contributed by atoms with Crippen LogP contribution < -0.4 is 0 Å². The monoisotopic (exact) mass is 377 g/mol. The average Bonchev–Trinajstić information content (AvgIpc) is 3.01. The van der Waals surface area contributed by atoms with Gasteiger partial charge in [-0.1, -0.05) is 34.1 Å². The van der Waals surface area contributed by atoms with Crippen LogP contribution in [0.1, 0.15) is 79.1 Å². The molecule has 1 saturated heterocycles. The summed E-state index contributed by atoms with van der Waals surface area (Å²) in [4.78, 5) is 14.8. The number of thioether (sulfide) groups is 1. The van der Waals surface area contributed by atoms with Gasteiger partial charge in [0.1, 0.15) is 0 Å². The first-order chi connectivity index (χ1) is 12.3. The van der Waals surface area contributed by atoms with E-state index in [1.165, 1.54) is 44.3 Å². The van der Waals surface area contributed by atoms with Crippen molar-refractivity contribution >= 4 is 17.7 Å². The maximum atomic E-state index is 12.6. The van der Waals surface area contributed by atoms with Crippen LogP contribution in [-0.2, 0) is 4.79 Å². The minimum Gasteiger partial charge on any atom is -0.341 e. The standard InChI is InChI=1S/C23H39NOS/c1-6-14-26-20-15(2)19-16-8-7-11-22(16,3)12-9-17(19)23(4)13-10-18(25)24(5)21(20)23/h15-17,19-21H,6-14H2,1-5H3/t15-,16+,17+,19+,20-,21-,22+,23-/m1/s1. The highest BCUT2D eigenvalue weighted by molar-refractivity contribution is 7.99. The third kappa shape index (κ3) is 2.62. The topological polar surface area (TPSA) is 20.3 Å². The van der Waals surface area contributed by atoms with Gasteiger partial charge in [0.15, 0.2) is 0 Å². The molecule has 4 rings (SSSR count). The average molecular weight is 378 g/mol. The first-order valence-electron chi connectivity index (χ1n) is 11.2. The minimum absolute atomic E-state index is 0.329. The number of hydrogen-bond donors (Lipinski definition) is 0. The molecule has 0 spiro atoms. The van der Waals surface area contributed by atoms with Crippen molar-refractivity contribution in [3.8, 4) is 0 Å². The zero-order chi connectivity index (χ0) is 18.7. The second-order valence-corrected chi connectivity index (χ2v) is 11.8. The fraction of sp³-hybridized carbons (Fsp3) is 0.957. The zero-order valence-corrected chi connectivity index (χ0v) is 18.4. The van der Waals surface area contributed by atoms with Crippen LogP contribution in [0.2, 0.25) is 0 Å². The molecular weight excluding hydrogens is 338 g/mol. The summed E-state index contributed by atoms with van der Waals surface area (Å²) in [6.45, 7) is 10.0. The van der Waals surface area contributed by atoms with Crippen molar-refractivity contribution in [2.24, 2.45) is 34.5 Å². The van der Waals surface area contributed by atoms with E-state index in [0.29, 0.717) is 28.0 Å². The molecule has 8 atom stereocenters. The van der Waals surface area contributed by atoms with Crippen molar-refractivity contribution in [1.29, 1.82) is 0 Å². The van der Waals surface area contributed by atoms with Crippen molar-refractivity contribution in [1.82, 2.24) is 4.90 Å². The second kappa shape index (κ2) is 6.71. The molecular formula is C23H39NOS. The summed E-state index contributed by atoms with van der Waals surface area (Å²) in [6.07, 6.45) is 10.3. The quantitative estimate of drug-likeness (QED) is 0.637. The van der Waals surface area contributed by atoms with Crippen LogP contribution in [0.25, 0.3) is 0 Å². The van der Waals surface area contributed by atoms with Gasteiger partial charge in [-0.2, -0.15) is 11.8 Å². The Labute approximate surface area is 165 Å². The summed E-state index contributed by atoms with van der Waals surface area (Å²) in [5.41, 5.74) is 0.935. The fourth-order valence-corrected chi connectivity index (χ4v) is 9.66. The third-order valence-corrected chi connectivity index (χ3v) is 11.0. The maximum Gasteiger partial charge on any atom is 0.222 e. The van der Waals surface area contributed by atoms with Gasteiger partial charge >= 0.3 is 0 Å². The van der Waals surface area contributed by atoms with E-state index < -0.39 is 0 Å². The van der Waals surface area contributed by atoms with E-state index in [1.807, 2.05) is 0 Å². The first kappa shape index (κ1) is 19.2. The summed E-state index contributed by atoms with van der Waals surface area (Å²) >= 11 is 2.19. The normalized spacial score (nSPS) is 51.0. The minimum atomic E-state index is 0.329. The van der Waals surface area contributed by atoms with E-state index in [2.05, 4.69) is 51.4 Å². The smallest absolute Gasteiger partial charge is 0.222 e.